The molecule has 0 aliphatic rings. The van der Waals surface area contributed by atoms with Crippen molar-refractivity contribution in [3.8, 4) is 0 Å². The highest BCUT2D eigenvalue weighted by Crippen LogP contribution is 2.29. The Morgan fingerprint density at radius 1 is 1.16 bits per heavy atom. The molecule has 7 nitrogen and oxygen atoms in total. The molecule has 0 unspecified atom stereocenters. The lowest BCUT2D eigenvalue weighted by molar-refractivity contribution is -0.137. The Hall–Kier alpha value is -2.82. The van der Waals surface area contributed by atoms with Gasteiger partial charge < -0.3 is 10.3 Å². The first-order chi connectivity index (χ1) is 11.5. The van der Waals surface area contributed by atoms with Crippen LogP contribution < -0.4 is 15.6 Å². The SMILES string of the molecule is CC(=O)Nc1ccc(S(=O)(=O)Nc2cc(C(F)(F)F)c[nH]c2=O)cc1. The lowest BCUT2D eigenvalue weighted by Gasteiger charge is -2.11. The molecule has 0 spiro atoms. The first kappa shape index (κ1) is 18.5. The number of carbonyl (C=O) groups is 1. The molecule has 0 saturated heterocycles. The van der Waals surface area contributed by atoms with E-state index in [2.05, 4.69) is 5.32 Å². The highest BCUT2D eigenvalue weighted by Gasteiger charge is 2.32. The number of alkyl halides is 3. The molecule has 0 aliphatic heterocycles. The molecule has 11 heteroatoms. The van der Waals surface area contributed by atoms with Crippen molar-refractivity contribution in [3.63, 3.8) is 0 Å². The molecule has 1 amide bonds. The van der Waals surface area contributed by atoms with Crippen molar-refractivity contribution in [3.05, 3.63) is 52.4 Å². The number of aromatic amines is 1. The van der Waals surface area contributed by atoms with Crippen molar-refractivity contribution in [2.45, 2.75) is 18.0 Å². The molecule has 134 valence electrons. The summed E-state index contributed by atoms with van der Waals surface area (Å²) in [6.45, 7) is 1.27. The Morgan fingerprint density at radius 3 is 2.28 bits per heavy atom. The smallest absolute Gasteiger partial charge is 0.327 e. The van der Waals surface area contributed by atoms with E-state index >= 15 is 0 Å². The van der Waals surface area contributed by atoms with E-state index < -0.39 is 33.0 Å². The standard InChI is InChI=1S/C14H12F3N3O4S/c1-8(21)19-10-2-4-11(5-3-10)25(23,24)20-12-6-9(14(15,16)17)7-18-13(12)22/h2-7,20H,1H3,(H,18,22)(H,19,21). The number of halogens is 3. The van der Waals surface area contributed by atoms with Gasteiger partial charge in [0.15, 0.2) is 0 Å². The minimum absolute atomic E-state index is 0.293. The molecular formula is C14H12F3N3O4S. The zero-order chi connectivity index (χ0) is 18.8. The minimum atomic E-state index is -4.75. The molecule has 0 fully saturated rings. The van der Waals surface area contributed by atoms with Crippen molar-refractivity contribution in [1.82, 2.24) is 4.98 Å². The number of carbonyl (C=O) groups excluding carboxylic acids is 1. The minimum Gasteiger partial charge on any atom is -0.327 e. The number of nitrogens with one attached hydrogen (secondary N) is 3. The van der Waals surface area contributed by atoms with Gasteiger partial charge in [-0.25, -0.2) is 8.42 Å². The second-order valence-electron chi connectivity index (χ2n) is 4.94. The maximum Gasteiger partial charge on any atom is 0.417 e. The van der Waals surface area contributed by atoms with Crippen LogP contribution in [-0.2, 0) is 21.0 Å². The summed E-state index contributed by atoms with van der Waals surface area (Å²) in [4.78, 5) is 24.0. The number of anilines is 2. The van der Waals surface area contributed by atoms with Crippen LogP contribution >= 0.6 is 0 Å². The van der Waals surface area contributed by atoms with Gasteiger partial charge >= 0.3 is 6.18 Å². The maximum absolute atomic E-state index is 12.7. The maximum atomic E-state index is 12.7. The second kappa shape index (κ2) is 6.59. The fourth-order valence-corrected chi connectivity index (χ4v) is 2.90. The molecule has 2 rings (SSSR count). The number of sulfonamides is 1. The predicted octanol–water partition coefficient (Wildman–Crippen LogP) is 2.15. The van der Waals surface area contributed by atoms with E-state index in [-0.39, 0.29) is 10.8 Å². The highest BCUT2D eigenvalue weighted by atomic mass is 32.2. The molecule has 2 aromatic rings. The number of hydrogen-bond donors (Lipinski definition) is 3. The Kier molecular flexibility index (Phi) is 4.88. The van der Waals surface area contributed by atoms with E-state index in [1.54, 1.807) is 0 Å². The number of H-pyrrole nitrogens is 1. The lowest BCUT2D eigenvalue weighted by atomic mass is 10.2. The fraction of sp³-hybridized carbons (Fsp3) is 0.143. The Balaban J connectivity index is 2.33. The number of aromatic nitrogens is 1. The summed E-state index contributed by atoms with van der Waals surface area (Å²) in [7, 11) is -4.29. The van der Waals surface area contributed by atoms with Crippen molar-refractivity contribution in [2.75, 3.05) is 10.0 Å². The number of hydrogen-bond acceptors (Lipinski definition) is 4. The molecule has 0 saturated carbocycles. The van der Waals surface area contributed by atoms with Crippen LogP contribution in [0.2, 0.25) is 0 Å². The van der Waals surface area contributed by atoms with E-state index in [9.17, 15) is 31.2 Å². The molecule has 0 bridgehead atoms. The van der Waals surface area contributed by atoms with Crippen LogP contribution in [-0.4, -0.2) is 19.3 Å². The van der Waals surface area contributed by atoms with Gasteiger partial charge in [-0.3, -0.25) is 14.3 Å². The van der Waals surface area contributed by atoms with E-state index in [4.69, 9.17) is 0 Å². The topological polar surface area (TPSA) is 108 Å². The largest absolute Gasteiger partial charge is 0.417 e. The van der Waals surface area contributed by atoms with Crippen LogP contribution in [0, 0.1) is 0 Å². The quantitative estimate of drug-likeness (QED) is 0.761. The van der Waals surface area contributed by atoms with E-state index in [1.165, 1.54) is 19.1 Å². The van der Waals surface area contributed by atoms with Crippen LogP contribution in [0.15, 0.2) is 46.2 Å². The van der Waals surface area contributed by atoms with Gasteiger partial charge in [-0.05, 0) is 30.3 Å². The average Bonchev–Trinajstić information content (AvgIpc) is 2.48. The third-order valence-electron chi connectivity index (χ3n) is 2.96. The van der Waals surface area contributed by atoms with Crippen LogP contribution in [0.4, 0.5) is 24.5 Å². The van der Waals surface area contributed by atoms with Gasteiger partial charge in [0.25, 0.3) is 15.6 Å². The summed E-state index contributed by atoms with van der Waals surface area (Å²) in [5, 5.41) is 2.43. The summed E-state index contributed by atoms with van der Waals surface area (Å²) in [6, 6.07) is 5.27. The predicted molar refractivity (Wildman–Crippen MR) is 83.6 cm³/mol. The van der Waals surface area contributed by atoms with E-state index in [0.29, 0.717) is 18.0 Å². The van der Waals surface area contributed by atoms with Crippen LogP contribution in [0.3, 0.4) is 0 Å². The third kappa shape index (κ3) is 4.59. The van der Waals surface area contributed by atoms with Gasteiger partial charge in [0.05, 0.1) is 10.5 Å². The molecule has 0 aliphatic carbocycles. The molecule has 1 heterocycles. The summed E-state index contributed by atoms with van der Waals surface area (Å²) in [5.74, 6) is -0.357. The van der Waals surface area contributed by atoms with Gasteiger partial charge in [-0.2, -0.15) is 13.2 Å². The number of pyridine rings is 1. The normalized spacial score (nSPS) is 11.8. The number of rotatable bonds is 4. The highest BCUT2D eigenvalue weighted by molar-refractivity contribution is 7.92. The molecule has 1 aromatic heterocycles. The zero-order valence-corrected chi connectivity index (χ0v) is 13.5. The summed E-state index contributed by atoms with van der Waals surface area (Å²) >= 11 is 0. The number of benzene rings is 1. The summed E-state index contributed by atoms with van der Waals surface area (Å²) < 4.78 is 64.3. The van der Waals surface area contributed by atoms with Gasteiger partial charge in [0.2, 0.25) is 5.91 Å². The summed E-state index contributed by atoms with van der Waals surface area (Å²) in [6.07, 6.45) is -4.30. The lowest BCUT2D eigenvalue weighted by Crippen LogP contribution is -2.21. The molecular weight excluding hydrogens is 363 g/mol. The Bertz CT molecular complexity index is 951. The van der Waals surface area contributed by atoms with Crippen LogP contribution in [0.5, 0.6) is 0 Å². The first-order valence-corrected chi connectivity index (χ1v) is 8.18. The van der Waals surface area contributed by atoms with E-state index in [1.807, 2.05) is 9.71 Å². The van der Waals surface area contributed by atoms with Gasteiger partial charge in [0, 0.05) is 18.8 Å². The monoisotopic (exact) mass is 375 g/mol. The van der Waals surface area contributed by atoms with E-state index in [0.717, 1.165) is 12.1 Å². The second-order valence-corrected chi connectivity index (χ2v) is 6.62. The Morgan fingerprint density at radius 2 is 1.76 bits per heavy atom. The average molecular weight is 375 g/mol. The van der Waals surface area contributed by atoms with Crippen LogP contribution in [0.1, 0.15) is 12.5 Å². The van der Waals surface area contributed by atoms with Crippen molar-refractivity contribution in [2.24, 2.45) is 0 Å². The van der Waals surface area contributed by atoms with Crippen molar-refractivity contribution < 1.29 is 26.4 Å². The van der Waals surface area contributed by atoms with Crippen molar-refractivity contribution >= 4 is 27.3 Å². The number of amides is 1. The molecule has 0 atom stereocenters. The molecule has 3 N–H and O–H groups in total. The first-order valence-electron chi connectivity index (χ1n) is 6.69. The fourth-order valence-electron chi connectivity index (χ4n) is 1.85. The van der Waals surface area contributed by atoms with Gasteiger partial charge in [-0.1, -0.05) is 0 Å². The molecule has 0 radical (unpaired) electrons. The van der Waals surface area contributed by atoms with Crippen LogP contribution in [0.25, 0.3) is 0 Å². The Labute approximate surface area is 139 Å². The van der Waals surface area contributed by atoms with Gasteiger partial charge in [0.1, 0.15) is 5.69 Å². The summed E-state index contributed by atoms with van der Waals surface area (Å²) in [5.41, 5.74) is -2.65. The third-order valence-corrected chi connectivity index (χ3v) is 4.34. The zero-order valence-electron chi connectivity index (χ0n) is 12.6. The molecule has 25 heavy (non-hydrogen) atoms. The molecule has 1 aromatic carbocycles. The van der Waals surface area contributed by atoms with Gasteiger partial charge in [-0.15, -0.1) is 0 Å². The van der Waals surface area contributed by atoms with Crippen molar-refractivity contribution in [1.29, 1.82) is 0 Å².